The van der Waals surface area contributed by atoms with Crippen molar-refractivity contribution in [2.45, 2.75) is 38.6 Å². The summed E-state index contributed by atoms with van der Waals surface area (Å²) in [5.74, 6) is -1.49. The second-order valence-corrected chi connectivity index (χ2v) is 8.79. The summed E-state index contributed by atoms with van der Waals surface area (Å²) in [5, 5.41) is 21.1. The molecule has 5 nitrogen and oxygen atoms in total. The molecule has 3 aromatic rings. The van der Waals surface area contributed by atoms with Crippen molar-refractivity contribution < 1.29 is 19.8 Å². The van der Waals surface area contributed by atoms with Crippen LogP contribution in [-0.4, -0.2) is 21.9 Å². The van der Waals surface area contributed by atoms with Gasteiger partial charge in [0.05, 0.1) is 11.6 Å². The van der Waals surface area contributed by atoms with Gasteiger partial charge in [0.1, 0.15) is 11.5 Å². The molecule has 1 fully saturated rings. The van der Waals surface area contributed by atoms with E-state index in [0.717, 1.165) is 31.2 Å². The Morgan fingerprint density at radius 2 is 1.64 bits per heavy atom. The van der Waals surface area contributed by atoms with E-state index in [0.29, 0.717) is 16.8 Å². The third-order valence-electron chi connectivity index (χ3n) is 6.56. The molecule has 5 rings (SSSR count). The molecule has 0 spiro atoms. The number of phenolic OH excluding ortho intramolecular Hbond substituents is 1. The molecule has 0 aromatic heterocycles. The molecule has 2 N–H and O–H groups in total. The lowest BCUT2D eigenvalue weighted by Crippen LogP contribution is -2.29. The van der Waals surface area contributed by atoms with Crippen molar-refractivity contribution in [2.24, 2.45) is 0 Å². The Morgan fingerprint density at radius 3 is 2.36 bits per heavy atom. The predicted molar refractivity (Wildman–Crippen MR) is 127 cm³/mol. The Bertz CT molecular complexity index is 1290. The second kappa shape index (κ2) is 8.24. The SMILES string of the molecule is Cc1cccc(N2C(=O)C(=O)/C(=C(\O)c3ccc4c(c3)CCCC4)C2c2ccc(O)cc2)c1. The zero-order valence-corrected chi connectivity index (χ0v) is 18.4. The van der Waals surface area contributed by atoms with Crippen LogP contribution in [0.2, 0.25) is 0 Å². The number of nitrogens with zero attached hydrogens (tertiary/aromatic N) is 1. The maximum absolute atomic E-state index is 13.3. The lowest BCUT2D eigenvalue weighted by atomic mass is 9.88. The van der Waals surface area contributed by atoms with Crippen molar-refractivity contribution in [3.63, 3.8) is 0 Å². The van der Waals surface area contributed by atoms with Crippen LogP contribution in [0.15, 0.2) is 72.3 Å². The van der Waals surface area contributed by atoms with E-state index in [2.05, 4.69) is 0 Å². The first kappa shape index (κ1) is 21.0. The van der Waals surface area contributed by atoms with Crippen LogP contribution in [0.4, 0.5) is 5.69 Å². The number of ketones is 1. The minimum Gasteiger partial charge on any atom is -0.508 e. The van der Waals surface area contributed by atoms with Gasteiger partial charge in [0, 0.05) is 11.3 Å². The summed E-state index contributed by atoms with van der Waals surface area (Å²) < 4.78 is 0. The van der Waals surface area contributed by atoms with Gasteiger partial charge in [-0.2, -0.15) is 0 Å². The van der Waals surface area contributed by atoms with E-state index in [1.165, 1.54) is 28.2 Å². The van der Waals surface area contributed by atoms with Gasteiger partial charge in [-0.25, -0.2) is 0 Å². The second-order valence-electron chi connectivity index (χ2n) is 8.79. The van der Waals surface area contributed by atoms with Crippen LogP contribution in [-0.2, 0) is 22.4 Å². The fourth-order valence-electron chi connectivity index (χ4n) is 4.88. The lowest BCUT2D eigenvalue weighted by molar-refractivity contribution is -0.132. The van der Waals surface area contributed by atoms with Crippen LogP contribution in [0.1, 0.15) is 46.7 Å². The minimum absolute atomic E-state index is 0.0583. The number of carbonyl (C=O) groups excluding carboxylic acids is 2. The Kier molecular flexibility index (Phi) is 5.25. The largest absolute Gasteiger partial charge is 0.508 e. The molecule has 0 bridgehead atoms. The maximum atomic E-state index is 13.3. The van der Waals surface area contributed by atoms with Gasteiger partial charge in [-0.05, 0) is 85.2 Å². The molecular formula is C28H25NO4. The maximum Gasteiger partial charge on any atom is 0.300 e. The number of carbonyl (C=O) groups is 2. The molecule has 5 heteroatoms. The van der Waals surface area contributed by atoms with E-state index in [9.17, 15) is 19.8 Å². The number of fused-ring (bicyclic) bond motifs is 1. The zero-order chi connectivity index (χ0) is 23.1. The van der Waals surface area contributed by atoms with Crippen LogP contribution in [0, 0.1) is 6.92 Å². The van der Waals surface area contributed by atoms with E-state index in [4.69, 9.17) is 0 Å². The van der Waals surface area contributed by atoms with Gasteiger partial charge in [-0.3, -0.25) is 14.5 Å². The Morgan fingerprint density at radius 1 is 0.909 bits per heavy atom. The van der Waals surface area contributed by atoms with Crippen LogP contribution in [0.3, 0.4) is 0 Å². The molecule has 1 unspecified atom stereocenters. The molecule has 1 heterocycles. The summed E-state index contributed by atoms with van der Waals surface area (Å²) in [6.45, 7) is 1.92. The standard InChI is InChI=1S/C28H25NO4/c1-17-5-4-8-22(15-17)29-25(19-11-13-23(30)14-12-19)24(27(32)28(29)33)26(31)21-10-9-18-6-2-3-7-20(18)16-21/h4-5,8-16,25,30-31H,2-3,6-7H2,1H3/b26-24-. The first-order chi connectivity index (χ1) is 15.9. The number of aryl methyl sites for hydroxylation is 3. The van der Waals surface area contributed by atoms with E-state index < -0.39 is 17.7 Å². The number of aromatic hydroxyl groups is 1. The highest BCUT2D eigenvalue weighted by Gasteiger charge is 2.47. The van der Waals surface area contributed by atoms with Gasteiger partial charge in [0.25, 0.3) is 11.7 Å². The molecule has 0 saturated carbocycles. The van der Waals surface area contributed by atoms with E-state index in [1.807, 2.05) is 43.3 Å². The smallest absolute Gasteiger partial charge is 0.300 e. The number of benzene rings is 3. The minimum atomic E-state index is -0.802. The Hall–Kier alpha value is -3.86. The van der Waals surface area contributed by atoms with Gasteiger partial charge < -0.3 is 10.2 Å². The number of hydrogen-bond donors (Lipinski definition) is 2. The predicted octanol–water partition coefficient (Wildman–Crippen LogP) is 5.21. The first-order valence-electron chi connectivity index (χ1n) is 11.2. The quantitative estimate of drug-likeness (QED) is 0.334. The molecule has 2 aliphatic rings. The van der Waals surface area contributed by atoms with E-state index >= 15 is 0 Å². The number of aliphatic hydroxyl groups is 1. The third-order valence-corrected chi connectivity index (χ3v) is 6.56. The number of anilines is 1. The summed E-state index contributed by atoms with van der Waals surface area (Å²) >= 11 is 0. The van der Waals surface area contributed by atoms with Gasteiger partial charge >= 0.3 is 0 Å². The van der Waals surface area contributed by atoms with E-state index in [-0.39, 0.29) is 17.1 Å². The van der Waals surface area contributed by atoms with Gasteiger partial charge in [-0.15, -0.1) is 0 Å². The number of Topliss-reactive ketones (excluding diaryl/α,β-unsaturated/α-hetero) is 1. The summed E-state index contributed by atoms with van der Waals surface area (Å²) in [5.41, 5.74) is 5.22. The lowest BCUT2D eigenvalue weighted by Gasteiger charge is -2.26. The summed E-state index contributed by atoms with van der Waals surface area (Å²) in [7, 11) is 0. The number of rotatable bonds is 3. The van der Waals surface area contributed by atoms with Gasteiger partial charge in [-0.1, -0.05) is 36.4 Å². The molecule has 1 amide bonds. The Balaban J connectivity index is 1.69. The van der Waals surface area contributed by atoms with Crippen LogP contribution < -0.4 is 4.90 Å². The normalized spacial score (nSPS) is 19.5. The number of phenols is 1. The first-order valence-corrected chi connectivity index (χ1v) is 11.2. The average molecular weight is 440 g/mol. The molecule has 166 valence electrons. The third kappa shape index (κ3) is 3.69. The number of hydrogen-bond acceptors (Lipinski definition) is 4. The van der Waals surface area contributed by atoms with Crippen molar-refractivity contribution in [2.75, 3.05) is 4.90 Å². The fraction of sp³-hybridized carbons (Fsp3) is 0.214. The molecule has 33 heavy (non-hydrogen) atoms. The molecule has 1 saturated heterocycles. The topological polar surface area (TPSA) is 77.8 Å². The van der Waals surface area contributed by atoms with Crippen molar-refractivity contribution in [3.8, 4) is 5.75 Å². The molecular weight excluding hydrogens is 414 g/mol. The average Bonchev–Trinajstić information content (AvgIpc) is 3.09. The van der Waals surface area contributed by atoms with Crippen molar-refractivity contribution >= 4 is 23.1 Å². The molecule has 0 radical (unpaired) electrons. The molecule has 1 aliphatic carbocycles. The van der Waals surface area contributed by atoms with Crippen molar-refractivity contribution in [3.05, 3.63) is 100 Å². The summed E-state index contributed by atoms with van der Waals surface area (Å²) in [6.07, 6.45) is 4.21. The molecule has 3 aromatic carbocycles. The van der Waals surface area contributed by atoms with Gasteiger partial charge in [0.2, 0.25) is 0 Å². The summed E-state index contributed by atoms with van der Waals surface area (Å²) in [6, 6.07) is 18.7. The summed E-state index contributed by atoms with van der Waals surface area (Å²) in [4.78, 5) is 27.9. The highest BCUT2D eigenvalue weighted by atomic mass is 16.3. The Labute approximate surface area is 192 Å². The van der Waals surface area contributed by atoms with E-state index in [1.54, 1.807) is 18.2 Å². The molecule has 1 aliphatic heterocycles. The van der Waals surface area contributed by atoms with Crippen LogP contribution >= 0.6 is 0 Å². The van der Waals surface area contributed by atoms with Crippen LogP contribution in [0.25, 0.3) is 5.76 Å². The zero-order valence-electron chi connectivity index (χ0n) is 18.4. The number of aliphatic hydroxyl groups excluding tert-OH is 1. The van der Waals surface area contributed by atoms with Crippen molar-refractivity contribution in [1.82, 2.24) is 0 Å². The van der Waals surface area contributed by atoms with Crippen LogP contribution in [0.5, 0.6) is 5.75 Å². The monoisotopic (exact) mass is 439 g/mol. The fourth-order valence-corrected chi connectivity index (χ4v) is 4.88. The highest BCUT2D eigenvalue weighted by Crippen LogP contribution is 2.42. The van der Waals surface area contributed by atoms with Gasteiger partial charge in [0.15, 0.2) is 0 Å². The molecule has 1 atom stereocenters. The van der Waals surface area contributed by atoms with Crippen molar-refractivity contribution in [1.29, 1.82) is 0 Å². The highest BCUT2D eigenvalue weighted by molar-refractivity contribution is 6.51. The number of amides is 1.